The highest BCUT2D eigenvalue weighted by Gasteiger charge is 2.15. The van der Waals surface area contributed by atoms with Crippen LogP contribution in [-0.2, 0) is 14.8 Å². The van der Waals surface area contributed by atoms with Gasteiger partial charge in [0.25, 0.3) is 15.9 Å². The number of nitrogens with one attached hydrogen (secondary N) is 2. The molecule has 9 heteroatoms. The molecule has 1 amide bonds. The number of hydrogen-bond acceptors (Lipinski definition) is 4. The molecule has 0 aliphatic heterocycles. The predicted octanol–water partition coefficient (Wildman–Crippen LogP) is 4.09. The molecule has 0 aromatic heterocycles. The molecule has 27 heavy (non-hydrogen) atoms. The number of rotatable bonds is 8. The minimum atomic E-state index is -3.80. The molecular formula is C18H20Cl2N2O4S. The molecule has 146 valence electrons. The first-order valence-corrected chi connectivity index (χ1v) is 10.4. The smallest absolute Gasteiger partial charge is 0.261 e. The average Bonchev–Trinajstić information content (AvgIpc) is 2.63. The molecule has 0 heterocycles. The van der Waals surface area contributed by atoms with E-state index in [1.54, 1.807) is 0 Å². The van der Waals surface area contributed by atoms with E-state index in [0.717, 1.165) is 6.42 Å². The number of carbonyl (C=O) groups excluding carboxylic acids is 1. The molecule has 2 N–H and O–H groups in total. The third kappa shape index (κ3) is 6.30. The van der Waals surface area contributed by atoms with Crippen molar-refractivity contribution < 1.29 is 17.9 Å². The van der Waals surface area contributed by atoms with Gasteiger partial charge in [-0.1, -0.05) is 30.1 Å². The maximum Gasteiger partial charge on any atom is 0.261 e. The number of benzene rings is 2. The molecule has 0 bridgehead atoms. The van der Waals surface area contributed by atoms with Gasteiger partial charge in [0.1, 0.15) is 5.75 Å². The molecule has 1 atom stereocenters. The van der Waals surface area contributed by atoms with Crippen molar-refractivity contribution >= 4 is 44.8 Å². The van der Waals surface area contributed by atoms with Crippen LogP contribution in [0.4, 0.5) is 5.69 Å². The van der Waals surface area contributed by atoms with Crippen molar-refractivity contribution in [2.45, 2.75) is 31.2 Å². The summed E-state index contributed by atoms with van der Waals surface area (Å²) >= 11 is 11.7. The van der Waals surface area contributed by atoms with Gasteiger partial charge in [-0.25, -0.2) is 8.42 Å². The molecule has 0 fully saturated rings. The summed E-state index contributed by atoms with van der Waals surface area (Å²) in [5.41, 5.74) is 0.298. The standard InChI is InChI=1S/C18H20Cl2N2O4S/c1-3-12(2)21-18(23)11-26-14-5-7-15(8-6-14)27(24,25)22-13-4-9-16(19)17(20)10-13/h4-10,12,22H,3,11H2,1-2H3,(H,21,23)/t12-/m0/s1. The lowest BCUT2D eigenvalue weighted by atomic mass is 10.2. The van der Waals surface area contributed by atoms with Gasteiger partial charge in [0.2, 0.25) is 0 Å². The highest BCUT2D eigenvalue weighted by molar-refractivity contribution is 7.92. The summed E-state index contributed by atoms with van der Waals surface area (Å²) < 4.78 is 32.7. The number of sulfonamides is 1. The van der Waals surface area contributed by atoms with E-state index in [4.69, 9.17) is 27.9 Å². The molecule has 0 saturated carbocycles. The Balaban J connectivity index is 2.00. The monoisotopic (exact) mass is 430 g/mol. The fourth-order valence-electron chi connectivity index (χ4n) is 2.06. The molecular weight excluding hydrogens is 411 g/mol. The van der Waals surface area contributed by atoms with Crippen LogP contribution in [0.5, 0.6) is 5.75 Å². The number of amides is 1. The highest BCUT2D eigenvalue weighted by Crippen LogP contribution is 2.26. The summed E-state index contributed by atoms with van der Waals surface area (Å²) in [5, 5.41) is 3.36. The second kappa shape index (κ2) is 9.30. The van der Waals surface area contributed by atoms with Crippen LogP contribution in [0.3, 0.4) is 0 Å². The first-order valence-electron chi connectivity index (χ1n) is 8.21. The molecule has 0 saturated heterocycles. The van der Waals surface area contributed by atoms with Gasteiger partial charge in [-0.2, -0.15) is 0 Å². The van der Waals surface area contributed by atoms with Crippen molar-refractivity contribution in [3.8, 4) is 5.75 Å². The predicted molar refractivity (Wildman–Crippen MR) is 107 cm³/mol. The van der Waals surface area contributed by atoms with Gasteiger partial charge in [-0.3, -0.25) is 9.52 Å². The summed E-state index contributed by atoms with van der Waals surface area (Å²) in [6.07, 6.45) is 0.824. The van der Waals surface area contributed by atoms with E-state index < -0.39 is 10.0 Å². The van der Waals surface area contributed by atoms with Gasteiger partial charge in [0, 0.05) is 6.04 Å². The zero-order valence-electron chi connectivity index (χ0n) is 14.8. The Morgan fingerprint density at radius 3 is 2.37 bits per heavy atom. The fourth-order valence-corrected chi connectivity index (χ4v) is 3.40. The van der Waals surface area contributed by atoms with Crippen LogP contribution in [-0.4, -0.2) is 27.0 Å². The number of anilines is 1. The summed E-state index contributed by atoms with van der Waals surface area (Å²) in [7, 11) is -3.80. The first kappa shape index (κ1) is 21.3. The van der Waals surface area contributed by atoms with E-state index >= 15 is 0 Å². The van der Waals surface area contributed by atoms with E-state index in [1.165, 1.54) is 42.5 Å². The van der Waals surface area contributed by atoms with Crippen LogP contribution in [0.1, 0.15) is 20.3 Å². The third-order valence-electron chi connectivity index (χ3n) is 3.70. The Morgan fingerprint density at radius 2 is 1.78 bits per heavy atom. The zero-order valence-corrected chi connectivity index (χ0v) is 17.2. The highest BCUT2D eigenvalue weighted by atomic mass is 35.5. The summed E-state index contributed by atoms with van der Waals surface area (Å²) in [5.74, 6) is 0.158. The van der Waals surface area contributed by atoms with Gasteiger partial charge in [-0.15, -0.1) is 0 Å². The van der Waals surface area contributed by atoms with Crippen LogP contribution < -0.4 is 14.8 Å². The quantitative estimate of drug-likeness (QED) is 0.660. The summed E-state index contributed by atoms with van der Waals surface area (Å²) in [6.45, 7) is 3.73. The molecule has 2 aromatic rings. The van der Waals surface area contributed by atoms with Crippen LogP contribution in [0.2, 0.25) is 10.0 Å². The largest absolute Gasteiger partial charge is 0.484 e. The van der Waals surface area contributed by atoms with Gasteiger partial charge in [0.05, 0.1) is 20.6 Å². The SMILES string of the molecule is CC[C@H](C)NC(=O)COc1ccc(S(=O)(=O)Nc2ccc(Cl)c(Cl)c2)cc1. The molecule has 6 nitrogen and oxygen atoms in total. The minimum Gasteiger partial charge on any atom is -0.484 e. The maximum atomic E-state index is 12.4. The molecule has 0 radical (unpaired) electrons. The normalized spacial score (nSPS) is 12.3. The topological polar surface area (TPSA) is 84.5 Å². The summed E-state index contributed by atoms with van der Waals surface area (Å²) in [4.78, 5) is 11.8. The minimum absolute atomic E-state index is 0.0463. The van der Waals surface area contributed by atoms with Crippen molar-refractivity contribution in [1.29, 1.82) is 0 Å². The lowest BCUT2D eigenvalue weighted by Crippen LogP contribution is -2.35. The van der Waals surface area contributed by atoms with Crippen LogP contribution in [0.25, 0.3) is 0 Å². The van der Waals surface area contributed by atoms with Crippen molar-refractivity contribution in [2.75, 3.05) is 11.3 Å². The molecule has 0 unspecified atom stereocenters. The van der Waals surface area contributed by atoms with Crippen molar-refractivity contribution in [2.24, 2.45) is 0 Å². The molecule has 0 spiro atoms. The van der Waals surface area contributed by atoms with E-state index in [1.807, 2.05) is 13.8 Å². The molecule has 0 aliphatic carbocycles. The average molecular weight is 431 g/mol. The molecule has 2 rings (SSSR count). The number of hydrogen-bond donors (Lipinski definition) is 2. The second-order valence-electron chi connectivity index (χ2n) is 5.87. The van der Waals surface area contributed by atoms with E-state index in [0.29, 0.717) is 16.5 Å². The van der Waals surface area contributed by atoms with Crippen LogP contribution in [0, 0.1) is 0 Å². The van der Waals surface area contributed by atoms with Gasteiger partial charge < -0.3 is 10.1 Å². The molecule has 2 aromatic carbocycles. The Hall–Kier alpha value is -1.96. The zero-order chi connectivity index (χ0) is 20.0. The lowest BCUT2D eigenvalue weighted by molar-refractivity contribution is -0.123. The number of halogens is 2. The second-order valence-corrected chi connectivity index (χ2v) is 8.37. The van der Waals surface area contributed by atoms with E-state index in [-0.39, 0.29) is 28.5 Å². The van der Waals surface area contributed by atoms with Crippen molar-refractivity contribution in [3.63, 3.8) is 0 Å². The van der Waals surface area contributed by atoms with Crippen molar-refractivity contribution in [3.05, 3.63) is 52.5 Å². The third-order valence-corrected chi connectivity index (χ3v) is 5.83. The van der Waals surface area contributed by atoms with Crippen molar-refractivity contribution in [1.82, 2.24) is 5.32 Å². The number of carbonyl (C=O) groups is 1. The maximum absolute atomic E-state index is 12.4. The van der Waals surface area contributed by atoms with E-state index in [2.05, 4.69) is 10.0 Å². The van der Waals surface area contributed by atoms with E-state index in [9.17, 15) is 13.2 Å². The lowest BCUT2D eigenvalue weighted by Gasteiger charge is -2.12. The van der Waals surface area contributed by atoms with Gasteiger partial charge in [-0.05, 0) is 55.8 Å². The number of ether oxygens (including phenoxy) is 1. The molecule has 0 aliphatic rings. The fraction of sp³-hybridized carbons (Fsp3) is 0.278. The Bertz CT molecular complexity index is 902. The van der Waals surface area contributed by atoms with Gasteiger partial charge >= 0.3 is 0 Å². The summed E-state index contributed by atoms with van der Waals surface area (Å²) in [6, 6.07) is 10.3. The first-order chi connectivity index (χ1) is 12.7. The van der Waals surface area contributed by atoms with Gasteiger partial charge in [0.15, 0.2) is 6.61 Å². The van der Waals surface area contributed by atoms with Crippen LogP contribution >= 0.6 is 23.2 Å². The van der Waals surface area contributed by atoms with Crippen LogP contribution in [0.15, 0.2) is 47.4 Å². The Morgan fingerprint density at radius 1 is 1.11 bits per heavy atom. The Labute approximate surface area is 168 Å². The Kier molecular flexibility index (Phi) is 7.35.